The van der Waals surface area contributed by atoms with Gasteiger partial charge in [0.1, 0.15) is 0 Å². The number of hydrogen-bond donors (Lipinski definition) is 1. The number of aryl methyl sites for hydroxylation is 2. The van der Waals surface area contributed by atoms with Gasteiger partial charge >= 0.3 is 0 Å². The first-order valence-corrected chi connectivity index (χ1v) is 7.63. The first-order valence-electron chi connectivity index (χ1n) is 7.63. The van der Waals surface area contributed by atoms with Crippen LogP contribution in [-0.2, 0) is 0 Å². The van der Waals surface area contributed by atoms with E-state index in [1.165, 1.54) is 49.0 Å². The van der Waals surface area contributed by atoms with Crippen molar-refractivity contribution in [2.75, 3.05) is 19.6 Å². The van der Waals surface area contributed by atoms with Crippen molar-refractivity contribution in [3.63, 3.8) is 0 Å². The largest absolute Gasteiger partial charge is 0.330 e. The minimum atomic E-state index is 0.528. The first kappa shape index (κ1) is 14.5. The van der Waals surface area contributed by atoms with Gasteiger partial charge in [-0.2, -0.15) is 0 Å². The zero-order valence-corrected chi connectivity index (χ0v) is 12.7. The molecule has 2 N–H and O–H groups in total. The highest BCUT2D eigenvalue weighted by atomic mass is 15.2. The van der Waals surface area contributed by atoms with Gasteiger partial charge in [0.25, 0.3) is 0 Å². The van der Waals surface area contributed by atoms with Gasteiger partial charge in [0.2, 0.25) is 0 Å². The summed E-state index contributed by atoms with van der Waals surface area (Å²) in [4.78, 5) is 2.64. The molecule has 1 aliphatic heterocycles. The Balaban J connectivity index is 2.10. The van der Waals surface area contributed by atoms with E-state index in [1.54, 1.807) is 0 Å². The maximum absolute atomic E-state index is 5.72. The maximum Gasteiger partial charge on any atom is 0.0322 e. The molecule has 0 spiro atoms. The molecule has 2 heteroatoms. The van der Waals surface area contributed by atoms with E-state index in [-0.39, 0.29) is 0 Å². The molecule has 0 aliphatic carbocycles. The number of benzene rings is 1. The Hall–Kier alpha value is -0.860. The van der Waals surface area contributed by atoms with Gasteiger partial charge in [0.15, 0.2) is 0 Å². The second kappa shape index (κ2) is 6.53. The van der Waals surface area contributed by atoms with Crippen LogP contribution in [0.1, 0.15) is 48.9 Å². The van der Waals surface area contributed by atoms with E-state index in [0.717, 1.165) is 12.5 Å². The predicted octanol–water partition coefficient (Wildman–Crippen LogP) is 3.43. The van der Waals surface area contributed by atoms with Gasteiger partial charge in [-0.15, -0.1) is 0 Å². The second-order valence-electron chi connectivity index (χ2n) is 6.12. The topological polar surface area (TPSA) is 29.3 Å². The Morgan fingerprint density at radius 2 is 2.16 bits per heavy atom. The summed E-state index contributed by atoms with van der Waals surface area (Å²) < 4.78 is 0. The lowest BCUT2D eigenvalue weighted by Gasteiger charge is -2.37. The van der Waals surface area contributed by atoms with Crippen molar-refractivity contribution >= 4 is 0 Å². The minimum absolute atomic E-state index is 0.528. The van der Waals surface area contributed by atoms with Crippen molar-refractivity contribution in [1.29, 1.82) is 0 Å². The summed E-state index contributed by atoms with van der Waals surface area (Å²) in [5.41, 5.74) is 9.99. The molecular weight excluding hydrogens is 232 g/mol. The summed E-state index contributed by atoms with van der Waals surface area (Å²) in [6, 6.07) is 7.34. The SMILES string of the molecule is Cc1ccc(C)c(C(C)N2CCCC(CCN)C2)c1. The minimum Gasteiger partial charge on any atom is -0.330 e. The van der Waals surface area contributed by atoms with E-state index < -0.39 is 0 Å². The van der Waals surface area contributed by atoms with Crippen molar-refractivity contribution in [1.82, 2.24) is 4.90 Å². The summed E-state index contributed by atoms with van der Waals surface area (Å²) in [5.74, 6) is 0.798. The number of piperidine rings is 1. The third kappa shape index (κ3) is 3.58. The van der Waals surface area contributed by atoms with Crippen LogP contribution >= 0.6 is 0 Å². The summed E-state index contributed by atoms with van der Waals surface area (Å²) in [6.45, 7) is 10.0. The zero-order valence-electron chi connectivity index (χ0n) is 12.7. The summed E-state index contributed by atoms with van der Waals surface area (Å²) in [5, 5.41) is 0. The van der Waals surface area contributed by atoms with Gasteiger partial charge in [0.05, 0.1) is 0 Å². The summed E-state index contributed by atoms with van der Waals surface area (Å²) >= 11 is 0. The Morgan fingerprint density at radius 3 is 2.89 bits per heavy atom. The fourth-order valence-corrected chi connectivity index (χ4v) is 3.33. The van der Waals surface area contributed by atoms with E-state index in [0.29, 0.717) is 6.04 Å². The molecule has 1 heterocycles. The molecule has 0 aromatic heterocycles. The van der Waals surface area contributed by atoms with Gasteiger partial charge in [-0.05, 0) is 70.2 Å². The van der Waals surface area contributed by atoms with Crippen LogP contribution < -0.4 is 5.73 Å². The van der Waals surface area contributed by atoms with Gasteiger partial charge in [-0.25, -0.2) is 0 Å². The van der Waals surface area contributed by atoms with E-state index >= 15 is 0 Å². The Kier molecular flexibility index (Phi) is 5.00. The number of hydrogen-bond acceptors (Lipinski definition) is 2. The van der Waals surface area contributed by atoms with Crippen LogP contribution in [0, 0.1) is 19.8 Å². The second-order valence-corrected chi connectivity index (χ2v) is 6.12. The van der Waals surface area contributed by atoms with Gasteiger partial charge in [-0.3, -0.25) is 4.90 Å². The van der Waals surface area contributed by atoms with Crippen molar-refractivity contribution < 1.29 is 0 Å². The molecular formula is C17H28N2. The van der Waals surface area contributed by atoms with Crippen molar-refractivity contribution in [3.05, 3.63) is 34.9 Å². The molecule has 2 unspecified atom stereocenters. The van der Waals surface area contributed by atoms with Gasteiger partial charge in [0, 0.05) is 12.6 Å². The quantitative estimate of drug-likeness (QED) is 0.898. The Morgan fingerprint density at radius 1 is 1.37 bits per heavy atom. The molecule has 0 bridgehead atoms. The molecule has 19 heavy (non-hydrogen) atoms. The highest BCUT2D eigenvalue weighted by Crippen LogP contribution is 2.29. The number of likely N-dealkylation sites (tertiary alicyclic amines) is 1. The average Bonchev–Trinajstić information content (AvgIpc) is 2.41. The van der Waals surface area contributed by atoms with Gasteiger partial charge < -0.3 is 5.73 Å². The molecule has 2 rings (SSSR count). The number of nitrogens with two attached hydrogens (primary N) is 1. The summed E-state index contributed by atoms with van der Waals surface area (Å²) in [6.07, 6.45) is 3.85. The average molecular weight is 260 g/mol. The van der Waals surface area contributed by atoms with E-state index in [1.807, 2.05) is 0 Å². The molecule has 2 nitrogen and oxygen atoms in total. The fraction of sp³-hybridized carbons (Fsp3) is 0.647. The van der Waals surface area contributed by atoms with Crippen LogP contribution in [-0.4, -0.2) is 24.5 Å². The number of nitrogens with zero attached hydrogens (tertiary/aromatic N) is 1. The molecule has 1 aromatic rings. The van der Waals surface area contributed by atoms with Crippen LogP contribution in [0.15, 0.2) is 18.2 Å². The van der Waals surface area contributed by atoms with E-state index in [9.17, 15) is 0 Å². The number of rotatable bonds is 4. The third-order valence-electron chi connectivity index (χ3n) is 4.56. The monoisotopic (exact) mass is 260 g/mol. The molecule has 0 amide bonds. The standard InChI is InChI=1S/C17H28N2/c1-13-6-7-14(2)17(11-13)15(3)19-10-4-5-16(12-19)8-9-18/h6-7,11,15-16H,4-5,8-10,12,18H2,1-3H3. The van der Waals surface area contributed by atoms with E-state index in [4.69, 9.17) is 5.73 Å². The molecule has 1 fully saturated rings. The van der Waals surface area contributed by atoms with Crippen molar-refractivity contribution in [2.24, 2.45) is 11.7 Å². The normalized spacial score (nSPS) is 22.4. The summed E-state index contributed by atoms with van der Waals surface area (Å²) in [7, 11) is 0. The predicted molar refractivity (Wildman–Crippen MR) is 82.3 cm³/mol. The van der Waals surface area contributed by atoms with E-state index in [2.05, 4.69) is 43.9 Å². The zero-order chi connectivity index (χ0) is 13.8. The van der Waals surface area contributed by atoms with Crippen LogP contribution in [0.3, 0.4) is 0 Å². The lowest BCUT2D eigenvalue weighted by Crippen LogP contribution is -2.38. The third-order valence-corrected chi connectivity index (χ3v) is 4.56. The molecule has 1 aliphatic rings. The maximum atomic E-state index is 5.72. The van der Waals surface area contributed by atoms with Crippen LogP contribution in [0.2, 0.25) is 0 Å². The fourth-order valence-electron chi connectivity index (χ4n) is 3.33. The smallest absolute Gasteiger partial charge is 0.0322 e. The Labute approximate surface area is 118 Å². The van der Waals surface area contributed by atoms with Crippen LogP contribution in [0.5, 0.6) is 0 Å². The molecule has 0 radical (unpaired) electrons. The highest BCUT2D eigenvalue weighted by Gasteiger charge is 2.24. The molecule has 2 atom stereocenters. The first-order chi connectivity index (χ1) is 9.11. The van der Waals surface area contributed by atoms with Crippen molar-refractivity contribution in [2.45, 2.75) is 46.1 Å². The lowest BCUT2D eigenvalue weighted by atomic mass is 9.91. The van der Waals surface area contributed by atoms with Crippen molar-refractivity contribution in [3.8, 4) is 0 Å². The van der Waals surface area contributed by atoms with Gasteiger partial charge in [-0.1, -0.05) is 23.8 Å². The van der Waals surface area contributed by atoms with Crippen LogP contribution in [0.4, 0.5) is 0 Å². The highest BCUT2D eigenvalue weighted by molar-refractivity contribution is 5.32. The molecule has 106 valence electrons. The Bertz CT molecular complexity index is 412. The van der Waals surface area contributed by atoms with Crippen LogP contribution in [0.25, 0.3) is 0 Å². The molecule has 1 aromatic carbocycles. The lowest BCUT2D eigenvalue weighted by molar-refractivity contribution is 0.128. The molecule has 1 saturated heterocycles. The molecule has 0 saturated carbocycles.